The average Bonchev–Trinajstić information content (AvgIpc) is 2.51. The topological polar surface area (TPSA) is 62.5 Å². The fraction of sp³-hybridized carbons (Fsp3) is 0.545. The Labute approximate surface area is 89.3 Å². The second kappa shape index (κ2) is 4.38. The molecule has 4 nitrogen and oxygen atoms in total. The maximum absolute atomic E-state index is 10.8. The average molecular weight is 211 g/mol. The zero-order chi connectivity index (χ0) is 11.5. The highest BCUT2D eigenvalue weighted by atomic mass is 16.4. The number of carbonyl (C=O) groups is 1. The molecule has 4 heteroatoms. The number of aliphatic carboxylic acids is 1. The molecule has 0 spiro atoms. The summed E-state index contributed by atoms with van der Waals surface area (Å²) in [6.45, 7) is 5.88. The van der Waals surface area contributed by atoms with Crippen LogP contribution in [0.1, 0.15) is 26.0 Å². The standard InChI is InChI=1S/C11H17NO3/c1-8-4-5-9(15-8)12-7-6-11(2,3)10(13)14/h4-5,12H,6-7H2,1-3H3,(H,13,14). The van der Waals surface area contributed by atoms with Crippen LogP contribution in [0.4, 0.5) is 5.88 Å². The van der Waals surface area contributed by atoms with E-state index in [4.69, 9.17) is 9.52 Å². The van der Waals surface area contributed by atoms with Crippen molar-refractivity contribution in [2.75, 3.05) is 11.9 Å². The Bertz CT molecular complexity index is 341. The molecule has 0 amide bonds. The van der Waals surface area contributed by atoms with E-state index in [2.05, 4.69) is 5.32 Å². The Hall–Kier alpha value is -1.45. The first-order valence-electron chi connectivity index (χ1n) is 4.95. The first-order chi connectivity index (χ1) is 6.92. The molecule has 0 aliphatic carbocycles. The van der Waals surface area contributed by atoms with E-state index in [0.29, 0.717) is 18.8 Å². The lowest BCUT2D eigenvalue weighted by Gasteiger charge is -2.18. The Morgan fingerprint density at radius 2 is 2.20 bits per heavy atom. The summed E-state index contributed by atoms with van der Waals surface area (Å²) in [5, 5.41) is 11.9. The molecule has 0 aromatic carbocycles. The minimum Gasteiger partial charge on any atom is -0.481 e. The van der Waals surface area contributed by atoms with Gasteiger partial charge in [0.1, 0.15) is 5.76 Å². The van der Waals surface area contributed by atoms with Gasteiger partial charge in [-0.25, -0.2) is 0 Å². The van der Waals surface area contributed by atoms with Crippen LogP contribution in [0.25, 0.3) is 0 Å². The molecule has 0 unspecified atom stereocenters. The lowest BCUT2D eigenvalue weighted by atomic mass is 9.90. The van der Waals surface area contributed by atoms with Gasteiger partial charge < -0.3 is 14.8 Å². The summed E-state index contributed by atoms with van der Waals surface area (Å²) in [4.78, 5) is 10.8. The van der Waals surface area contributed by atoms with Crippen molar-refractivity contribution in [2.24, 2.45) is 5.41 Å². The van der Waals surface area contributed by atoms with Crippen molar-refractivity contribution in [1.82, 2.24) is 0 Å². The van der Waals surface area contributed by atoms with Crippen LogP contribution in [0, 0.1) is 12.3 Å². The fourth-order valence-electron chi connectivity index (χ4n) is 1.13. The van der Waals surface area contributed by atoms with Crippen molar-refractivity contribution in [3.05, 3.63) is 17.9 Å². The number of carboxylic acid groups (broad SMARTS) is 1. The summed E-state index contributed by atoms with van der Waals surface area (Å²) in [6, 6.07) is 3.70. The molecular formula is C11H17NO3. The van der Waals surface area contributed by atoms with Gasteiger partial charge >= 0.3 is 5.97 Å². The van der Waals surface area contributed by atoms with E-state index in [1.54, 1.807) is 13.8 Å². The van der Waals surface area contributed by atoms with Gasteiger partial charge in [-0.15, -0.1) is 0 Å². The first kappa shape index (κ1) is 11.6. The number of carboxylic acids is 1. The highest BCUT2D eigenvalue weighted by Gasteiger charge is 2.26. The van der Waals surface area contributed by atoms with Crippen molar-refractivity contribution in [2.45, 2.75) is 27.2 Å². The van der Waals surface area contributed by atoms with Gasteiger partial charge in [0.15, 0.2) is 5.88 Å². The van der Waals surface area contributed by atoms with E-state index in [-0.39, 0.29) is 0 Å². The molecule has 84 valence electrons. The largest absolute Gasteiger partial charge is 0.481 e. The summed E-state index contributed by atoms with van der Waals surface area (Å²) in [5.74, 6) is 0.753. The first-order valence-corrected chi connectivity index (χ1v) is 4.95. The molecule has 1 heterocycles. The molecule has 0 radical (unpaired) electrons. The van der Waals surface area contributed by atoms with Crippen molar-refractivity contribution in [1.29, 1.82) is 0 Å². The number of furan rings is 1. The van der Waals surface area contributed by atoms with E-state index < -0.39 is 11.4 Å². The minimum atomic E-state index is -0.778. The summed E-state index contributed by atoms with van der Waals surface area (Å²) in [5.41, 5.74) is -0.700. The lowest BCUT2D eigenvalue weighted by molar-refractivity contribution is -0.147. The maximum Gasteiger partial charge on any atom is 0.309 e. The normalized spacial score (nSPS) is 11.4. The van der Waals surface area contributed by atoms with Crippen molar-refractivity contribution in [3.8, 4) is 0 Å². The molecule has 0 bridgehead atoms. The molecule has 15 heavy (non-hydrogen) atoms. The van der Waals surface area contributed by atoms with Gasteiger partial charge in [0, 0.05) is 12.6 Å². The Balaban J connectivity index is 2.36. The van der Waals surface area contributed by atoms with Crippen LogP contribution in [-0.4, -0.2) is 17.6 Å². The van der Waals surface area contributed by atoms with Gasteiger partial charge in [-0.1, -0.05) is 0 Å². The van der Waals surface area contributed by atoms with E-state index in [9.17, 15) is 4.79 Å². The fourth-order valence-corrected chi connectivity index (χ4v) is 1.13. The zero-order valence-electron chi connectivity index (χ0n) is 9.33. The second-order valence-corrected chi connectivity index (χ2v) is 4.28. The zero-order valence-corrected chi connectivity index (χ0v) is 9.33. The van der Waals surface area contributed by atoms with E-state index in [1.165, 1.54) is 0 Å². The third kappa shape index (κ3) is 3.31. The number of aryl methyl sites for hydroxylation is 1. The second-order valence-electron chi connectivity index (χ2n) is 4.28. The molecule has 0 atom stereocenters. The molecule has 1 rings (SSSR count). The van der Waals surface area contributed by atoms with Crippen LogP contribution in [-0.2, 0) is 4.79 Å². The lowest BCUT2D eigenvalue weighted by Crippen LogP contribution is -2.26. The van der Waals surface area contributed by atoms with Crippen molar-refractivity contribution < 1.29 is 14.3 Å². The summed E-state index contributed by atoms with van der Waals surface area (Å²) >= 11 is 0. The highest BCUT2D eigenvalue weighted by molar-refractivity contribution is 5.73. The smallest absolute Gasteiger partial charge is 0.309 e. The van der Waals surface area contributed by atoms with E-state index in [0.717, 1.165) is 5.76 Å². The minimum absolute atomic E-state index is 0.558. The van der Waals surface area contributed by atoms with Crippen LogP contribution in [0.5, 0.6) is 0 Å². The quantitative estimate of drug-likeness (QED) is 0.785. The maximum atomic E-state index is 10.8. The molecule has 1 aromatic rings. The summed E-state index contributed by atoms with van der Waals surface area (Å²) < 4.78 is 5.30. The van der Waals surface area contributed by atoms with E-state index in [1.807, 2.05) is 19.1 Å². The Morgan fingerprint density at radius 1 is 1.53 bits per heavy atom. The molecular weight excluding hydrogens is 194 g/mol. The molecule has 0 aliphatic heterocycles. The predicted octanol–water partition coefficient (Wildman–Crippen LogP) is 2.50. The third-order valence-electron chi connectivity index (χ3n) is 2.37. The summed E-state index contributed by atoms with van der Waals surface area (Å²) in [6.07, 6.45) is 0.558. The summed E-state index contributed by atoms with van der Waals surface area (Å²) in [7, 11) is 0. The molecule has 0 saturated heterocycles. The van der Waals surface area contributed by atoms with Crippen LogP contribution in [0.3, 0.4) is 0 Å². The van der Waals surface area contributed by atoms with Crippen molar-refractivity contribution in [3.63, 3.8) is 0 Å². The van der Waals surface area contributed by atoms with E-state index >= 15 is 0 Å². The van der Waals surface area contributed by atoms with Crippen LogP contribution >= 0.6 is 0 Å². The van der Waals surface area contributed by atoms with Gasteiger partial charge in [-0.3, -0.25) is 4.79 Å². The van der Waals surface area contributed by atoms with Crippen LogP contribution in [0.2, 0.25) is 0 Å². The number of anilines is 1. The molecule has 1 aromatic heterocycles. The van der Waals surface area contributed by atoms with Gasteiger partial charge in [-0.05, 0) is 33.3 Å². The van der Waals surface area contributed by atoms with Gasteiger partial charge in [0.05, 0.1) is 5.41 Å². The van der Waals surface area contributed by atoms with Crippen LogP contribution < -0.4 is 5.32 Å². The monoisotopic (exact) mass is 211 g/mol. The van der Waals surface area contributed by atoms with Crippen LogP contribution in [0.15, 0.2) is 16.5 Å². The SMILES string of the molecule is Cc1ccc(NCCC(C)(C)C(=O)O)o1. The van der Waals surface area contributed by atoms with Gasteiger partial charge in [-0.2, -0.15) is 0 Å². The molecule has 0 saturated carbocycles. The number of hydrogen-bond acceptors (Lipinski definition) is 3. The highest BCUT2D eigenvalue weighted by Crippen LogP contribution is 2.21. The number of nitrogens with one attached hydrogen (secondary N) is 1. The van der Waals surface area contributed by atoms with Gasteiger partial charge in [0.25, 0.3) is 0 Å². The Kier molecular flexibility index (Phi) is 3.39. The Morgan fingerprint density at radius 3 is 2.67 bits per heavy atom. The molecule has 0 fully saturated rings. The van der Waals surface area contributed by atoms with Crippen molar-refractivity contribution >= 4 is 11.9 Å². The molecule has 0 aliphatic rings. The number of rotatable bonds is 5. The third-order valence-corrected chi connectivity index (χ3v) is 2.37. The predicted molar refractivity (Wildman–Crippen MR) is 58.0 cm³/mol. The number of hydrogen-bond donors (Lipinski definition) is 2. The molecule has 2 N–H and O–H groups in total. The van der Waals surface area contributed by atoms with Gasteiger partial charge in [0.2, 0.25) is 0 Å².